The van der Waals surface area contributed by atoms with E-state index in [1.807, 2.05) is 49.5 Å². The predicted molar refractivity (Wildman–Crippen MR) is 86.8 cm³/mol. The highest BCUT2D eigenvalue weighted by atomic mass is 127. The van der Waals surface area contributed by atoms with Gasteiger partial charge in [0.25, 0.3) is 0 Å². The molecule has 96 valence electrons. The van der Waals surface area contributed by atoms with Gasteiger partial charge in [0, 0.05) is 22.8 Å². The van der Waals surface area contributed by atoms with Gasteiger partial charge in [-0.05, 0) is 58.5 Å². The van der Waals surface area contributed by atoms with E-state index in [4.69, 9.17) is 11.0 Å². The molecule has 0 unspecified atom stereocenters. The first-order chi connectivity index (χ1) is 9.10. The van der Waals surface area contributed by atoms with Crippen molar-refractivity contribution in [3.63, 3.8) is 0 Å². The molecule has 2 aromatic carbocycles. The van der Waals surface area contributed by atoms with Crippen molar-refractivity contribution in [2.45, 2.75) is 6.54 Å². The zero-order valence-electron chi connectivity index (χ0n) is 10.6. The van der Waals surface area contributed by atoms with E-state index in [0.29, 0.717) is 5.56 Å². The van der Waals surface area contributed by atoms with Crippen molar-refractivity contribution in [2.24, 2.45) is 0 Å². The largest absolute Gasteiger partial charge is 0.399 e. The Kier molecular flexibility index (Phi) is 4.27. The van der Waals surface area contributed by atoms with Crippen LogP contribution in [-0.2, 0) is 6.54 Å². The third kappa shape index (κ3) is 3.38. The fourth-order valence-electron chi connectivity index (χ4n) is 1.93. The molecule has 0 atom stereocenters. The van der Waals surface area contributed by atoms with Crippen molar-refractivity contribution in [2.75, 3.05) is 17.7 Å². The number of benzene rings is 2. The minimum atomic E-state index is 0.693. The molecule has 0 aliphatic carbocycles. The van der Waals surface area contributed by atoms with Gasteiger partial charge < -0.3 is 10.6 Å². The van der Waals surface area contributed by atoms with E-state index in [1.54, 1.807) is 0 Å². The summed E-state index contributed by atoms with van der Waals surface area (Å²) < 4.78 is 1.12. The number of rotatable bonds is 3. The number of nitrogens with zero attached hydrogens (tertiary/aromatic N) is 2. The Balaban J connectivity index is 2.20. The summed E-state index contributed by atoms with van der Waals surface area (Å²) in [6, 6.07) is 15.7. The second-order valence-electron chi connectivity index (χ2n) is 4.38. The number of hydrogen-bond acceptors (Lipinski definition) is 3. The number of hydrogen-bond donors (Lipinski definition) is 1. The Morgan fingerprint density at radius 1 is 1.26 bits per heavy atom. The van der Waals surface area contributed by atoms with Gasteiger partial charge in [0.15, 0.2) is 0 Å². The van der Waals surface area contributed by atoms with E-state index >= 15 is 0 Å². The van der Waals surface area contributed by atoms with Crippen LogP contribution in [0.4, 0.5) is 11.4 Å². The highest BCUT2D eigenvalue weighted by Gasteiger charge is 2.07. The van der Waals surface area contributed by atoms with Crippen molar-refractivity contribution >= 4 is 34.0 Å². The fourth-order valence-corrected chi connectivity index (χ4v) is 2.88. The molecule has 0 radical (unpaired) electrons. The first kappa shape index (κ1) is 13.7. The Morgan fingerprint density at radius 2 is 2.05 bits per heavy atom. The number of nitrogen functional groups attached to an aromatic ring is 1. The maximum absolute atomic E-state index is 8.91. The SMILES string of the molecule is CN(Cc1cccc(C#N)c1)c1ccc(N)cc1I. The van der Waals surface area contributed by atoms with Gasteiger partial charge in [-0.2, -0.15) is 5.26 Å². The summed E-state index contributed by atoms with van der Waals surface area (Å²) in [5.41, 5.74) is 9.48. The summed E-state index contributed by atoms with van der Waals surface area (Å²) in [4.78, 5) is 2.15. The van der Waals surface area contributed by atoms with Crippen molar-refractivity contribution in [1.29, 1.82) is 5.26 Å². The molecular weight excluding hydrogens is 349 g/mol. The lowest BCUT2D eigenvalue weighted by Gasteiger charge is -2.21. The molecule has 0 saturated carbocycles. The molecule has 3 nitrogen and oxygen atoms in total. The summed E-state index contributed by atoms with van der Waals surface area (Å²) in [6.07, 6.45) is 0. The summed E-state index contributed by atoms with van der Waals surface area (Å²) in [7, 11) is 2.03. The maximum Gasteiger partial charge on any atom is 0.0991 e. The van der Waals surface area contributed by atoms with Crippen LogP contribution in [0.15, 0.2) is 42.5 Å². The zero-order chi connectivity index (χ0) is 13.8. The van der Waals surface area contributed by atoms with E-state index < -0.39 is 0 Å². The lowest BCUT2D eigenvalue weighted by atomic mass is 10.1. The molecule has 0 heterocycles. The Hall–Kier alpha value is -1.74. The molecule has 0 aliphatic rings. The second kappa shape index (κ2) is 5.93. The number of nitriles is 1. The average molecular weight is 363 g/mol. The van der Waals surface area contributed by atoms with Crippen LogP contribution in [0.25, 0.3) is 0 Å². The van der Waals surface area contributed by atoms with Crippen LogP contribution in [0.2, 0.25) is 0 Å². The lowest BCUT2D eigenvalue weighted by Crippen LogP contribution is -2.17. The van der Waals surface area contributed by atoms with Crippen molar-refractivity contribution in [3.05, 3.63) is 57.2 Å². The van der Waals surface area contributed by atoms with Crippen molar-refractivity contribution in [1.82, 2.24) is 0 Å². The Bertz CT molecular complexity index is 632. The van der Waals surface area contributed by atoms with Gasteiger partial charge in [-0.3, -0.25) is 0 Å². The predicted octanol–water partition coefficient (Wildman–Crippen LogP) is 3.38. The number of halogens is 1. The molecule has 0 spiro atoms. The summed E-state index contributed by atoms with van der Waals surface area (Å²) in [5.74, 6) is 0. The van der Waals surface area contributed by atoms with Crippen LogP contribution in [0.1, 0.15) is 11.1 Å². The molecule has 4 heteroatoms. The molecule has 2 rings (SSSR count). The normalized spacial score (nSPS) is 9.95. The molecule has 2 aromatic rings. The Labute approximate surface area is 126 Å². The van der Waals surface area contributed by atoms with E-state index in [-0.39, 0.29) is 0 Å². The Morgan fingerprint density at radius 3 is 2.74 bits per heavy atom. The third-order valence-corrected chi connectivity index (χ3v) is 3.72. The summed E-state index contributed by atoms with van der Waals surface area (Å²) in [5, 5.41) is 8.91. The molecule has 0 fully saturated rings. The monoisotopic (exact) mass is 363 g/mol. The summed E-state index contributed by atoms with van der Waals surface area (Å²) >= 11 is 2.28. The number of anilines is 2. The van der Waals surface area contributed by atoms with Gasteiger partial charge in [0.1, 0.15) is 0 Å². The van der Waals surface area contributed by atoms with E-state index in [9.17, 15) is 0 Å². The first-order valence-corrected chi connectivity index (χ1v) is 6.93. The van der Waals surface area contributed by atoms with Crippen LogP contribution in [0.5, 0.6) is 0 Å². The highest BCUT2D eigenvalue weighted by Crippen LogP contribution is 2.25. The molecule has 0 amide bonds. The van der Waals surface area contributed by atoms with E-state index in [2.05, 4.69) is 33.6 Å². The zero-order valence-corrected chi connectivity index (χ0v) is 12.8. The quantitative estimate of drug-likeness (QED) is 0.672. The third-order valence-electron chi connectivity index (χ3n) is 2.86. The van der Waals surface area contributed by atoms with Crippen LogP contribution in [0.3, 0.4) is 0 Å². The number of nitrogens with two attached hydrogens (primary N) is 1. The minimum Gasteiger partial charge on any atom is -0.399 e. The smallest absolute Gasteiger partial charge is 0.0991 e. The van der Waals surface area contributed by atoms with E-state index in [0.717, 1.165) is 27.1 Å². The van der Waals surface area contributed by atoms with Crippen molar-refractivity contribution in [3.8, 4) is 6.07 Å². The molecule has 2 N–H and O–H groups in total. The fraction of sp³-hybridized carbons (Fsp3) is 0.133. The maximum atomic E-state index is 8.91. The van der Waals surface area contributed by atoms with Crippen LogP contribution in [0, 0.1) is 14.9 Å². The molecule has 19 heavy (non-hydrogen) atoms. The highest BCUT2D eigenvalue weighted by molar-refractivity contribution is 14.1. The van der Waals surface area contributed by atoms with Gasteiger partial charge in [-0.25, -0.2) is 0 Å². The van der Waals surface area contributed by atoms with Crippen LogP contribution >= 0.6 is 22.6 Å². The molecular formula is C15H14IN3. The standard InChI is InChI=1S/C15H14IN3/c1-19(15-6-5-13(18)8-14(15)16)10-12-4-2-3-11(7-12)9-17/h2-8H,10,18H2,1H3. The molecule has 0 aliphatic heterocycles. The van der Waals surface area contributed by atoms with E-state index in [1.165, 1.54) is 0 Å². The van der Waals surface area contributed by atoms with Gasteiger partial charge in [-0.15, -0.1) is 0 Å². The second-order valence-corrected chi connectivity index (χ2v) is 5.54. The van der Waals surface area contributed by atoms with Gasteiger partial charge >= 0.3 is 0 Å². The molecule has 0 aromatic heterocycles. The minimum absolute atomic E-state index is 0.693. The van der Waals surface area contributed by atoms with Crippen LogP contribution in [-0.4, -0.2) is 7.05 Å². The average Bonchev–Trinajstić information content (AvgIpc) is 2.38. The molecule has 0 bridgehead atoms. The first-order valence-electron chi connectivity index (χ1n) is 5.85. The lowest BCUT2D eigenvalue weighted by molar-refractivity contribution is 0.919. The molecule has 0 saturated heterocycles. The van der Waals surface area contributed by atoms with Gasteiger partial charge in [0.05, 0.1) is 17.3 Å². The van der Waals surface area contributed by atoms with Gasteiger partial charge in [-0.1, -0.05) is 12.1 Å². The topological polar surface area (TPSA) is 53.0 Å². The van der Waals surface area contributed by atoms with Gasteiger partial charge in [0.2, 0.25) is 0 Å². The van der Waals surface area contributed by atoms with Crippen molar-refractivity contribution < 1.29 is 0 Å². The summed E-state index contributed by atoms with van der Waals surface area (Å²) in [6.45, 7) is 0.759. The van der Waals surface area contributed by atoms with Crippen LogP contribution < -0.4 is 10.6 Å².